The Kier molecular flexibility index (Phi) is 6.25. The molecule has 2 aromatic carbocycles. The van der Waals surface area contributed by atoms with Gasteiger partial charge < -0.3 is 19.9 Å². The summed E-state index contributed by atoms with van der Waals surface area (Å²) < 4.78 is 5.50. The zero-order chi connectivity index (χ0) is 18.5. The normalized spacial score (nSPS) is 15.0. The smallest absolute Gasteiger partial charge is 0.262 e. The highest BCUT2D eigenvalue weighted by Gasteiger charge is 2.18. The molecule has 0 aromatic heterocycles. The van der Waals surface area contributed by atoms with Crippen molar-refractivity contribution in [2.24, 2.45) is 0 Å². The first-order valence-electron chi connectivity index (χ1n) is 8.43. The standard InChI is InChI=1S/C19H21Cl2N3O2/c1-23-8-10-24(11-9-23)17-5-3-2-4-16(17)22-19(25)13-26-18-12-14(20)6-7-15(18)21/h2-7,12H,8-11,13H2,1H3,(H,22,25). The lowest BCUT2D eigenvalue weighted by atomic mass is 10.2. The van der Waals surface area contributed by atoms with Crippen LogP contribution in [0.25, 0.3) is 0 Å². The van der Waals surface area contributed by atoms with Crippen molar-refractivity contribution in [3.8, 4) is 5.75 Å². The van der Waals surface area contributed by atoms with E-state index in [0.717, 1.165) is 37.6 Å². The molecular weight excluding hydrogens is 373 g/mol. The summed E-state index contributed by atoms with van der Waals surface area (Å²) in [7, 11) is 2.11. The zero-order valence-corrected chi connectivity index (χ0v) is 16.1. The van der Waals surface area contributed by atoms with E-state index in [1.165, 1.54) is 0 Å². The minimum absolute atomic E-state index is 0.142. The lowest BCUT2D eigenvalue weighted by Gasteiger charge is -2.35. The number of nitrogens with zero attached hydrogens (tertiary/aromatic N) is 2. The first-order chi connectivity index (χ1) is 12.5. The minimum Gasteiger partial charge on any atom is -0.482 e. The zero-order valence-electron chi connectivity index (χ0n) is 14.5. The summed E-state index contributed by atoms with van der Waals surface area (Å²) >= 11 is 12.0. The summed E-state index contributed by atoms with van der Waals surface area (Å²) in [5, 5.41) is 3.85. The molecule has 1 saturated heterocycles. The number of benzene rings is 2. The number of nitrogens with one attached hydrogen (secondary N) is 1. The van der Waals surface area contributed by atoms with E-state index in [0.29, 0.717) is 15.8 Å². The van der Waals surface area contributed by atoms with E-state index in [2.05, 4.69) is 22.2 Å². The molecule has 3 rings (SSSR count). The van der Waals surface area contributed by atoms with Gasteiger partial charge in [-0.05, 0) is 31.3 Å². The summed E-state index contributed by atoms with van der Waals surface area (Å²) in [5.74, 6) is 0.143. The van der Waals surface area contributed by atoms with Gasteiger partial charge in [0.05, 0.1) is 16.4 Å². The maximum Gasteiger partial charge on any atom is 0.262 e. The van der Waals surface area contributed by atoms with Gasteiger partial charge in [-0.25, -0.2) is 0 Å². The SMILES string of the molecule is CN1CCN(c2ccccc2NC(=O)COc2cc(Cl)ccc2Cl)CC1. The molecule has 1 fully saturated rings. The Bertz CT molecular complexity index is 777. The fourth-order valence-electron chi connectivity index (χ4n) is 2.82. The number of ether oxygens (including phenoxy) is 1. The third kappa shape index (κ3) is 4.81. The molecule has 2 aromatic rings. The molecule has 0 aliphatic carbocycles. The van der Waals surface area contributed by atoms with Crippen LogP contribution in [-0.2, 0) is 4.79 Å². The van der Waals surface area contributed by atoms with Crippen molar-refractivity contribution in [2.45, 2.75) is 0 Å². The van der Waals surface area contributed by atoms with E-state index in [1.807, 2.05) is 24.3 Å². The quantitative estimate of drug-likeness (QED) is 0.839. The fraction of sp³-hybridized carbons (Fsp3) is 0.316. The number of carbonyl (C=O) groups is 1. The van der Waals surface area contributed by atoms with Crippen molar-refractivity contribution in [1.82, 2.24) is 4.90 Å². The minimum atomic E-state index is -0.248. The molecule has 1 aliphatic heterocycles. The first-order valence-corrected chi connectivity index (χ1v) is 9.19. The van der Waals surface area contributed by atoms with Crippen molar-refractivity contribution in [1.29, 1.82) is 0 Å². The van der Waals surface area contributed by atoms with Crippen molar-refractivity contribution in [3.05, 3.63) is 52.5 Å². The van der Waals surface area contributed by atoms with Crippen LogP contribution >= 0.6 is 23.2 Å². The Morgan fingerprint density at radius 3 is 2.62 bits per heavy atom. The third-order valence-corrected chi connectivity index (χ3v) is 4.82. The van der Waals surface area contributed by atoms with E-state index in [1.54, 1.807) is 18.2 Å². The number of para-hydroxylation sites is 2. The second-order valence-corrected chi connectivity index (χ2v) is 7.06. The van der Waals surface area contributed by atoms with Crippen LogP contribution in [0, 0.1) is 0 Å². The molecule has 0 saturated carbocycles. The van der Waals surface area contributed by atoms with E-state index in [-0.39, 0.29) is 12.5 Å². The number of hydrogen-bond donors (Lipinski definition) is 1. The molecule has 0 spiro atoms. The third-order valence-electron chi connectivity index (χ3n) is 4.27. The molecule has 26 heavy (non-hydrogen) atoms. The molecule has 7 heteroatoms. The predicted octanol–water partition coefficient (Wildman–Crippen LogP) is 3.76. The molecule has 0 radical (unpaired) electrons. The Morgan fingerprint density at radius 2 is 1.85 bits per heavy atom. The molecule has 0 atom stereocenters. The number of hydrogen-bond acceptors (Lipinski definition) is 4. The van der Waals surface area contributed by atoms with Crippen LogP contribution < -0.4 is 15.0 Å². The van der Waals surface area contributed by atoms with Gasteiger partial charge in [-0.2, -0.15) is 0 Å². The van der Waals surface area contributed by atoms with Gasteiger partial charge in [0.15, 0.2) is 6.61 Å². The molecule has 138 valence electrons. The van der Waals surface area contributed by atoms with Crippen LogP contribution in [0.5, 0.6) is 5.75 Å². The largest absolute Gasteiger partial charge is 0.482 e. The van der Waals surface area contributed by atoms with E-state index in [9.17, 15) is 4.79 Å². The van der Waals surface area contributed by atoms with Gasteiger partial charge in [-0.1, -0.05) is 35.3 Å². The van der Waals surface area contributed by atoms with Gasteiger partial charge in [-0.15, -0.1) is 0 Å². The van der Waals surface area contributed by atoms with E-state index >= 15 is 0 Å². The number of anilines is 2. The Hall–Kier alpha value is -1.95. The van der Waals surface area contributed by atoms with Crippen molar-refractivity contribution in [2.75, 3.05) is 50.1 Å². The molecule has 0 bridgehead atoms. The predicted molar refractivity (Wildman–Crippen MR) is 107 cm³/mol. The average Bonchev–Trinajstić information content (AvgIpc) is 2.64. The van der Waals surface area contributed by atoms with Crippen LogP contribution in [0.4, 0.5) is 11.4 Å². The van der Waals surface area contributed by atoms with Gasteiger partial charge in [0, 0.05) is 37.3 Å². The summed E-state index contributed by atoms with van der Waals surface area (Å²) in [6, 6.07) is 12.7. The molecule has 1 amide bonds. The first kappa shape index (κ1) is 18.8. The molecule has 1 aliphatic rings. The number of piperazine rings is 1. The topological polar surface area (TPSA) is 44.8 Å². The highest BCUT2D eigenvalue weighted by molar-refractivity contribution is 6.34. The summed E-state index contributed by atoms with van der Waals surface area (Å²) in [4.78, 5) is 16.9. The Balaban J connectivity index is 1.63. The summed E-state index contributed by atoms with van der Waals surface area (Å²) in [6.45, 7) is 3.71. The summed E-state index contributed by atoms with van der Waals surface area (Å²) in [5.41, 5.74) is 1.80. The van der Waals surface area contributed by atoms with Gasteiger partial charge in [0.2, 0.25) is 0 Å². The van der Waals surface area contributed by atoms with E-state index in [4.69, 9.17) is 27.9 Å². The maximum atomic E-state index is 12.3. The fourth-order valence-corrected chi connectivity index (χ4v) is 3.15. The van der Waals surface area contributed by atoms with Gasteiger partial charge in [-0.3, -0.25) is 4.79 Å². The van der Waals surface area contributed by atoms with Crippen LogP contribution in [0.1, 0.15) is 0 Å². The second-order valence-electron chi connectivity index (χ2n) is 6.22. The average molecular weight is 394 g/mol. The second kappa shape index (κ2) is 8.62. The number of amides is 1. The Morgan fingerprint density at radius 1 is 1.12 bits per heavy atom. The number of halogens is 2. The molecule has 1 N–H and O–H groups in total. The highest BCUT2D eigenvalue weighted by Crippen LogP contribution is 2.28. The Labute approximate surface area is 163 Å². The van der Waals surface area contributed by atoms with Gasteiger partial charge >= 0.3 is 0 Å². The van der Waals surface area contributed by atoms with Crippen LogP contribution in [0.15, 0.2) is 42.5 Å². The molecule has 1 heterocycles. The van der Waals surface area contributed by atoms with Crippen LogP contribution in [-0.4, -0.2) is 50.6 Å². The van der Waals surface area contributed by atoms with Crippen molar-refractivity contribution in [3.63, 3.8) is 0 Å². The lowest BCUT2D eigenvalue weighted by Crippen LogP contribution is -2.44. The number of likely N-dealkylation sites (N-methyl/N-ethyl adjacent to an activating group) is 1. The molecule has 0 unspecified atom stereocenters. The van der Waals surface area contributed by atoms with Gasteiger partial charge in [0.25, 0.3) is 5.91 Å². The maximum absolute atomic E-state index is 12.3. The number of rotatable bonds is 5. The highest BCUT2D eigenvalue weighted by atomic mass is 35.5. The summed E-state index contributed by atoms with van der Waals surface area (Å²) in [6.07, 6.45) is 0. The van der Waals surface area contributed by atoms with Crippen molar-refractivity contribution >= 4 is 40.5 Å². The monoisotopic (exact) mass is 393 g/mol. The molecule has 5 nitrogen and oxygen atoms in total. The van der Waals surface area contributed by atoms with E-state index < -0.39 is 0 Å². The van der Waals surface area contributed by atoms with Crippen LogP contribution in [0.2, 0.25) is 10.0 Å². The number of carbonyl (C=O) groups excluding carboxylic acids is 1. The molecular formula is C19H21Cl2N3O2. The van der Waals surface area contributed by atoms with Crippen molar-refractivity contribution < 1.29 is 9.53 Å². The van der Waals surface area contributed by atoms with Crippen LogP contribution in [0.3, 0.4) is 0 Å². The lowest BCUT2D eigenvalue weighted by molar-refractivity contribution is -0.118. The van der Waals surface area contributed by atoms with Gasteiger partial charge in [0.1, 0.15) is 5.75 Å².